The van der Waals surface area contributed by atoms with Gasteiger partial charge < -0.3 is 41.8 Å². The van der Waals surface area contributed by atoms with Crippen molar-refractivity contribution in [2.75, 3.05) is 4.90 Å². The normalized spacial score (nSPS) is 16.4. The van der Waals surface area contributed by atoms with E-state index in [1.165, 1.54) is 11.0 Å². The second-order valence-corrected chi connectivity index (χ2v) is 11.5. The van der Waals surface area contributed by atoms with Crippen molar-refractivity contribution in [2.24, 2.45) is 16.5 Å². The van der Waals surface area contributed by atoms with E-state index in [1.54, 1.807) is 18.3 Å². The fourth-order valence-corrected chi connectivity index (χ4v) is 5.19. The number of nitrogens with zero attached hydrogens (tertiary/aromatic N) is 2. The van der Waals surface area contributed by atoms with Crippen LogP contribution in [0.1, 0.15) is 44.2 Å². The maximum absolute atomic E-state index is 15.4. The number of guanidine groups is 1. The van der Waals surface area contributed by atoms with Crippen LogP contribution in [0.15, 0.2) is 60.1 Å². The van der Waals surface area contributed by atoms with Crippen molar-refractivity contribution in [2.45, 2.75) is 76.9 Å². The highest BCUT2D eigenvalue weighted by Gasteiger charge is 2.33. The standard InChI is InChI=1S/C32H40F4N8O2/c1-4-23(41-30(38)39)12-19(3)40-16-20-8-10-24(11-9-20)44-17-22-15-26(42-29(22)43-31(44)45)25-13-21(7-5-6-18(2)37)14-27(28(25)33)46-32(34,35)36/h4,8-11,13-15,17-19,23,31,40,45H,1,5-7,12,16,37H2,2-3H3,(H,42,43)(H4,38,39,41)/t18-,19+,23+,31?/m0/s1. The van der Waals surface area contributed by atoms with Crippen LogP contribution in [0.2, 0.25) is 0 Å². The predicted molar refractivity (Wildman–Crippen MR) is 170 cm³/mol. The van der Waals surface area contributed by atoms with E-state index in [2.05, 4.69) is 31.9 Å². The summed E-state index contributed by atoms with van der Waals surface area (Å²) in [7, 11) is 0. The molecular weight excluding hydrogens is 604 g/mol. The molecule has 0 radical (unpaired) electrons. The van der Waals surface area contributed by atoms with Gasteiger partial charge in [0.25, 0.3) is 0 Å². The Morgan fingerprint density at radius 1 is 1.22 bits per heavy atom. The number of hydrogen-bond donors (Lipinski definition) is 7. The van der Waals surface area contributed by atoms with Gasteiger partial charge in [-0.25, -0.2) is 9.38 Å². The van der Waals surface area contributed by atoms with Crippen LogP contribution in [0.5, 0.6) is 5.75 Å². The number of aromatic amines is 1. The molecule has 4 rings (SSSR count). The Labute approximate surface area is 264 Å². The summed E-state index contributed by atoms with van der Waals surface area (Å²) in [6.07, 6.45) is -0.729. The molecule has 2 aromatic carbocycles. The van der Waals surface area contributed by atoms with Crippen molar-refractivity contribution in [3.05, 3.63) is 82.8 Å². The van der Waals surface area contributed by atoms with E-state index in [4.69, 9.17) is 16.9 Å². The zero-order chi connectivity index (χ0) is 33.6. The third-order valence-corrected chi connectivity index (χ3v) is 7.46. The third kappa shape index (κ3) is 9.31. The van der Waals surface area contributed by atoms with Gasteiger partial charge in [0, 0.05) is 47.3 Å². The van der Waals surface area contributed by atoms with Crippen LogP contribution >= 0.6 is 0 Å². The maximum Gasteiger partial charge on any atom is 0.573 e. The van der Waals surface area contributed by atoms with Gasteiger partial charge in [0.2, 0.25) is 6.35 Å². The molecular formula is C32H40F4N8O2. The average molecular weight is 645 g/mol. The molecule has 1 aliphatic heterocycles. The quantitative estimate of drug-likeness (QED) is 0.0613. The second kappa shape index (κ2) is 14.8. The van der Waals surface area contributed by atoms with Crippen molar-refractivity contribution in [1.82, 2.24) is 15.6 Å². The molecule has 0 saturated carbocycles. The largest absolute Gasteiger partial charge is 0.573 e. The summed E-state index contributed by atoms with van der Waals surface area (Å²) in [5.74, 6) is -2.21. The Kier molecular flexibility index (Phi) is 11.1. The highest BCUT2D eigenvalue weighted by atomic mass is 19.4. The smallest absolute Gasteiger partial charge is 0.403 e. The lowest BCUT2D eigenvalue weighted by Gasteiger charge is -2.25. The summed E-state index contributed by atoms with van der Waals surface area (Å²) < 4.78 is 58.7. The number of fused-ring (bicyclic) bond motifs is 1. The molecule has 46 heavy (non-hydrogen) atoms. The summed E-state index contributed by atoms with van der Waals surface area (Å²) in [5.41, 5.74) is 13.6. The summed E-state index contributed by atoms with van der Waals surface area (Å²) in [4.78, 5) is 8.75. The number of hydrogen-bond acceptors (Lipinski definition) is 7. The molecule has 1 unspecified atom stereocenters. The van der Waals surface area contributed by atoms with Crippen LogP contribution in [0.25, 0.3) is 17.5 Å². The predicted octanol–water partition coefficient (Wildman–Crippen LogP) is 3.45. The number of nitrogens with one attached hydrogen (secondary N) is 4. The average Bonchev–Trinajstić information content (AvgIpc) is 3.38. The monoisotopic (exact) mass is 644 g/mol. The minimum atomic E-state index is -5.07. The minimum Gasteiger partial charge on any atom is -0.403 e. The van der Waals surface area contributed by atoms with E-state index in [0.29, 0.717) is 48.7 Å². The molecule has 2 heterocycles. The first-order chi connectivity index (χ1) is 21.7. The number of aliphatic hydroxyl groups excluding tert-OH is 1. The van der Waals surface area contributed by atoms with E-state index >= 15 is 4.39 Å². The van der Waals surface area contributed by atoms with Crippen LogP contribution in [0.4, 0.5) is 23.2 Å². The number of alkyl halides is 3. The van der Waals surface area contributed by atoms with Gasteiger partial charge in [-0.15, -0.1) is 19.8 Å². The molecule has 248 valence electrons. The number of anilines is 1. The van der Waals surface area contributed by atoms with Crippen molar-refractivity contribution < 1.29 is 27.4 Å². The molecule has 0 fully saturated rings. The van der Waals surface area contributed by atoms with Gasteiger partial charge in [0.05, 0.1) is 5.69 Å². The number of H-pyrrole nitrogens is 1. The Morgan fingerprint density at radius 2 is 1.93 bits per heavy atom. The number of halogens is 4. The molecule has 1 aromatic heterocycles. The third-order valence-electron chi connectivity index (χ3n) is 7.46. The summed E-state index contributed by atoms with van der Waals surface area (Å²) in [5, 5.41) is 25.0. The maximum atomic E-state index is 15.4. The number of aromatic nitrogens is 1. The molecule has 4 atom stereocenters. The first kappa shape index (κ1) is 34.5. The van der Waals surface area contributed by atoms with E-state index in [1.807, 2.05) is 38.1 Å². The van der Waals surface area contributed by atoms with Crippen LogP contribution in [-0.4, -0.2) is 46.9 Å². The lowest BCUT2D eigenvalue weighted by atomic mass is 10.0. The molecule has 14 heteroatoms. The zero-order valence-corrected chi connectivity index (χ0v) is 25.7. The van der Waals surface area contributed by atoms with E-state index in [0.717, 1.165) is 11.6 Å². The second-order valence-electron chi connectivity index (χ2n) is 11.5. The van der Waals surface area contributed by atoms with Crippen LogP contribution in [0, 0.1) is 11.2 Å². The fraction of sp³-hybridized carbons (Fsp3) is 0.375. The van der Waals surface area contributed by atoms with Gasteiger partial charge in [-0.3, -0.25) is 5.41 Å². The van der Waals surface area contributed by atoms with Gasteiger partial charge in [0.1, 0.15) is 5.49 Å². The van der Waals surface area contributed by atoms with Gasteiger partial charge in [-0.1, -0.05) is 18.2 Å². The summed E-state index contributed by atoms with van der Waals surface area (Å²) in [6, 6.07) is 11.4. The zero-order valence-electron chi connectivity index (χ0n) is 25.7. The van der Waals surface area contributed by atoms with E-state index in [-0.39, 0.29) is 40.8 Å². The first-order valence-electron chi connectivity index (χ1n) is 14.9. The molecule has 9 N–H and O–H groups in total. The number of aryl methyl sites for hydroxylation is 1. The van der Waals surface area contributed by atoms with Crippen LogP contribution in [0.3, 0.4) is 0 Å². The number of benzene rings is 2. The fourth-order valence-electron chi connectivity index (χ4n) is 5.19. The molecule has 3 aromatic rings. The van der Waals surface area contributed by atoms with Gasteiger partial charge >= 0.3 is 6.36 Å². The Bertz CT molecular complexity index is 1640. The van der Waals surface area contributed by atoms with E-state index in [9.17, 15) is 18.3 Å². The molecule has 10 nitrogen and oxygen atoms in total. The van der Waals surface area contributed by atoms with Crippen molar-refractivity contribution in [3.8, 4) is 17.0 Å². The summed E-state index contributed by atoms with van der Waals surface area (Å²) >= 11 is 0. The Morgan fingerprint density at radius 3 is 2.57 bits per heavy atom. The number of aliphatic hydroxyl groups is 1. The van der Waals surface area contributed by atoms with E-state index < -0.39 is 24.3 Å². The van der Waals surface area contributed by atoms with Crippen LogP contribution in [-0.2, 0) is 13.0 Å². The molecule has 0 saturated heterocycles. The number of ether oxygens (including phenoxy) is 1. The SMILES string of the molecule is C=C[C@H](C[C@@H](C)NCc1ccc(N2C=c3cc(-c4cc(CCC[C@H](C)N)cc(OC(F)(F)F)c4F)[nH]c3=NC2O)cc1)NC(=N)N. The topological polar surface area (TPSA) is 161 Å². The van der Waals surface area contributed by atoms with Crippen molar-refractivity contribution >= 4 is 17.8 Å². The minimum absolute atomic E-state index is 0.0818. The number of rotatable bonds is 14. The van der Waals surface area contributed by atoms with Crippen molar-refractivity contribution in [3.63, 3.8) is 0 Å². The highest BCUT2D eigenvalue weighted by Crippen LogP contribution is 2.33. The molecule has 0 bridgehead atoms. The van der Waals surface area contributed by atoms with Gasteiger partial charge in [0.15, 0.2) is 17.5 Å². The van der Waals surface area contributed by atoms with Gasteiger partial charge in [-0.05, 0) is 81.0 Å². The van der Waals surface area contributed by atoms with Crippen molar-refractivity contribution in [1.29, 1.82) is 5.41 Å². The molecule has 0 spiro atoms. The molecule has 1 aliphatic rings. The first-order valence-corrected chi connectivity index (χ1v) is 14.9. The lowest BCUT2D eigenvalue weighted by molar-refractivity contribution is -0.275. The lowest BCUT2D eigenvalue weighted by Crippen LogP contribution is -2.41. The number of nitrogens with two attached hydrogens (primary N) is 2. The highest BCUT2D eigenvalue weighted by molar-refractivity contribution is 5.74. The molecule has 0 aliphatic carbocycles. The van der Waals surface area contributed by atoms with Gasteiger partial charge in [-0.2, -0.15) is 0 Å². The molecule has 0 amide bonds. The summed E-state index contributed by atoms with van der Waals surface area (Å²) in [6.45, 7) is 8.20. The Hall–Kier alpha value is -4.40. The Balaban J connectivity index is 1.53. The van der Waals surface area contributed by atoms with Crippen LogP contribution < -0.4 is 42.4 Å².